The van der Waals surface area contributed by atoms with Crippen LogP contribution in [-0.4, -0.2) is 11.1 Å². The van der Waals surface area contributed by atoms with Crippen molar-refractivity contribution in [2.24, 2.45) is 5.41 Å². The number of rotatable bonds is 3. The minimum absolute atomic E-state index is 0.0139. The second-order valence-corrected chi connectivity index (χ2v) is 6.43. The van der Waals surface area contributed by atoms with Crippen LogP contribution in [0.25, 0.3) is 0 Å². The largest absolute Gasteiger partial charge is 0.306 e. The van der Waals surface area contributed by atoms with Crippen molar-refractivity contribution in [3.05, 3.63) is 17.9 Å². The predicted octanol–water partition coefficient (Wildman–Crippen LogP) is 3.91. The molecule has 0 bridgehead atoms. The van der Waals surface area contributed by atoms with Crippen LogP contribution in [0, 0.1) is 5.41 Å². The standard InChI is InChI=1S/C14H27N/c1-10-11(2)13(6,7)14(8,9)15-12(3,4)5/h15H,1H2,2-9H3. The third-order valence-corrected chi connectivity index (χ3v) is 3.45. The quantitative estimate of drug-likeness (QED) is 0.695. The second-order valence-electron chi connectivity index (χ2n) is 6.43. The lowest BCUT2D eigenvalue weighted by Crippen LogP contribution is -2.58. The number of hydrogen-bond donors (Lipinski definition) is 1. The van der Waals surface area contributed by atoms with Crippen LogP contribution < -0.4 is 5.32 Å². The highest BCUT2D eigenvalue weighted by Crippen LogP contribution is 2.38. The molecule has 0 amide bonds. The molecule has 0 aromatic rings. The zero-order valence-electron chi connectivity index (χ0n) is 11.7. The molecule has 15 heavy (non-hydrogen) atoms. The lowest BCUT2D eigenvalue weighted by Gasteiger charge is -2.46. The molecule has 0 aliphatic carbocycles. The molecule has 0 unspecified atom stereocenters. The van der Waals surface area contributed by atoms with E-state index in [1.807, 2.05) is 0 Å². The fourth-order valence-electron chi connectivity index (χ4n) is 1.78. The molecule has 88 valence electrons. The van der Waals surface area contributed by atoms with E-state index >= 15 is 0 Å². The lowest BCUT2D eigenvalue weighted by molar-refractivity contribution is 0.153. The first kappa shape index (κ1) is 14.5. The lowest BCUT2D eigenvalue weighted by atomic mass is 9.69. The minimum atomic E-state index is 0.0139. The Morgan fingerprint density at radius 2 is 1.40 bits per heavy atom. The zero-order chi connectivity index (χ0) is 12.5. The average Bonchev–Trinajstić information content (AvgIpc) is 1.97. The van der Waals surface area contributed by atoms with Gasteiger partial charge in [-0.15, -0.1) is 5.73 Å². The minimum Gasteiger partial charge on any atom is -0.306 e. The van der Waals surface area contributed by atoms with E-state index in [-0.39, 0.29) is 16.5 Å². The Bertz CT molecular complexity index is 270. The highest BCUT2D eigenvalue weighted by atomic mass is 15.0. The van der Waals surface area contributed by atoms with Gasteiger partial charge in [-0.3, -0.25) is 0 Å². The van der Waals surface area contributed by atoms with Gasteiger partial charge in [0.05, 0.1) is 0 Å². The molecule has 0 saturated heterocycles. The van der Waals surface area contributed by atoms with Crippen molar-refractivity contribution in [2.45, 2.75) is 66.5 Å². The summed E-state index contributed by atoms with van der Waals surface area (Å²) in [6.07, 6.45) is 0. The maximum Gasteiger partial charge on any atom is 0.0224 e. The molecular formula is C14H27N. The summed E-state index contributed by atoms with van der Waals surface area (Å²) in [7, 11) is 0. The van der Waals surface area contributed by atoms with Gasteiger partial charge >= 0.3 is 0 Å². The summed E-state index contributed by atoms with van der Waals surface area (Å²) in [5.74, 6) is 0. The maximum atomic E-state index is 3.75. The van der Waals surface area contributed by atoms with Gasteiger partial charge in [0.1, 0.15) is 0 Å². The van der Waals surface area contributed by atoms with Gasteiger partial charge < -0.3 is 5.32 Å². The highest BCUT2D eigenvalue weighted by Gasteiger charge is 2.40. The maximum absolute atomic E-state index is 3.75. The molecule has 0 radical (unpaired) electrons. The van der Waals surface area contributed by atoms with E-state index in [4.69, 9.17) is 0 Å². The van der Waals surface area contributed by atoms with E-state index < -0.39 is 0 Å². The molecule has 0 atom stereocenters. The predicted molar refractivity (Wildman–Crippen MR) is 69.1 cm³/mol. The third-order valence-electron chi connectivity index (χ3n) is 3.45. The zero-order valence-corrected chi connectivity index (χ0v) is 11.7. The van der Waals surface area contributed by atoms with Crippen LogP contribution in [0.3, 0.4) is 0 Å². The SMILES string of the molecule is C=C=C(C)C(C)(C)C(C)(C)NC(C)(C)C. The van der Waals surface area contributed by atoms with Crippen molar-refractivity contribution in [3.8, 4) is 0 Å². The molecule has 0 aliphatic heterocycles. The first-order valence-electron chi connectivity index (χ1n) is 5.60. The van der Waals surface area contributed by atoms with Gasteiger partial charge in [-0.25, -0.2) is 0 Å². The summed E-state index contributed by atoms with van der Waals surface area (Å²) in [4.78, 5) is 0. The van der Waals surface area contributed by atoms with Crippen molar-refractivity contribution in [1.82, 2.24) is 5.32 Å². The Kier molecular flexibility index (Phi) is 4.01. The van der Waals surface area contributed by atoms with Crippen LogP contribution in [0.4, 0.5) is 0 Å². The van der Waals surface area contributed by atoms with Crippen LogP contribution in [0.5, 0.6) is 0 Å². The molecule has 0 aliphatic rings. The van der Waals surface area contributed by atoms with Crippen LogP contribution in [-0.2, 0) is 0 Å². The summed E-state index contributed by atoms with van der Waals surface area (Å²) in [6, 6.07) is 0. The fourth-order valence-corrected chi connectivity index (χ4v) is 1.78. The molecule has 1 nitrogen and oxygen atoms in total. The Balaban J connectivity index is 5.11. The summed E-state index contributed by atoms with van der Waals surface area (Å²) < 4.78 is 0. The van der Waals surface area contributed by atoms with Crippen molar-refractivity contribution in [2.75, 3.05) is 0 Å². The van der Waals surface area contributed by atoms with Crippen molar-refractivity contribution >= 4 is 0 Å². The first-order valence-corrected chi connectivity index (χ1v) is 5.60. The van der Waals surface area contributed by atoms with Crippen LogP contribution >= 0.6 is 0 Å². The van der Waals surface area contributed by atoms with Gasteiger partial charge in [0.15, 0.2) is 0 Å². The molecule has 1 heteroatoms. The van der Waals surface area contributed by atoms with Gasteiger partial charge in [-0.05, 0) is 47.1 Å². The highest BCUT2D eigenvalue weighted by molar-refractivity contribution is 5.16. The summed E-state index contributed by atoms with van der Waals surface area (Å²) in [6.45, 7) is 21.4. The van der Waals surface area contributed by atoms with Gasteiger partial charge in [0, 0.05) is 16.5 Å². The first-order chi connectivity index (χ1) is 6.44. The smallest absolute Gasteiger partial charge is 0.0224 e. The van der Waals surface area contributed by atoms with Crippen molar-refractivity contribution in [3.63, 3.8) is 0 Å². The molecule has 0 heterocycles. The van der Waals surface area contributed by atoms with E-state index in [0.717, 1.165) is 0 Å². The van der Waals surface area contributed by atoms with Crippen molar-refractivity contribution < 1.29 is 0 Å². The van der Waals surface area contributed by atoms with Gasteiger partial charge in [0.2, 0.25) is 0 Å². The Morgan fingerprint density at radius 3 is 1.67 bits per heavy atom. The van der Waals surface area contributed by atoms with E-state index in [1.165, 1.54) is 5.57 Å². The fraction of sp³-hybridized carbons (Fsp3) is 0.786. The molecule has 0 aromatic heterocycles. The summed E-state index contributed by atoms with van der Waals surface area (Å²) in [5.41, 5.74) is 4.39. The van der Waals surface area contributed by atoms with Crippen LogP contribution in [0.2, 0.25) is 0 Å². The van der Waals surface area contributed by atoms with Crippen LogP contribution in [0.1, 0.15) is 55.4 Å². The topological polar surface area (TPSA) is 12.0 Å². The molecule has 0 rings (SSSR count). The summed E-state index contributed by atoms with van der Waals surface area (Å²) >= 11 is 0. The van der Waals surface area contributed by atoms with Crippen LogP contribution in [0.15, 0.2) is 17.9 Å². The normalized spacial score (nSPS) is 13.6. The molecule has 1 N–H and O–H groups in total. The van der Waals surface area contributed by atoms with E-state index in [2.05, 4.69) is 73.0 Å². The number of nitrogens with one attached hydrogen (secondary N) is 1. The van der Waals surface area contributed by atoms with E-state index in [9.17, 15) is 0 Å². The number of hydrogen-bond acceptors (Lipinski definition) is 1. The third kappa shape index (κ3) is 3.52. The van der Waals surface area contributed by atoms with Gasteiger partial charge in [-0.1, -0.05) is 20.4 Å². The Labute approximate surface area is 95.7 Å². The molecule has 0 spiro atoms. The molecular weight excluding hydrogens is 182 g/mol. The second kappa shape index (κ2) is 4.15. The molecule has 0 fully saturated rings. The summed E-state index contributed by atoms with van der Waals surface area (Å²) in [5, 5.41) is 3.66. The monoisotopic (exact) mass is 209 g/mol. The van der Waals surface area contributed by atoms with E-state index in [1.54, 1.807) is 0 Å². The van der Waals surface area contributed by atoms with E-state index in [0.29, 0.717) is 0 Å². The molecule has 0 saturated carbocycles. The Morgan fingerprint density at radius 1 is 1.00 bits per heavy atom. The van der Waals surface area contributed by atoms with Crippen molar-refractivity contribution in [1.29, 1.82) is 0 Å². The Hall–Kier alpha value is -0.520. The molecule has 0 aromatic carbocycles. The van der Waals surface area contributed by atoms with Gasteiger partial charge in [-0.2, -0.15) is 0 Å². The van der Waals surface area contributed by atoms with Gasteiger partial charge in [0.25, 0.3) is 0 Å². The average molecular weight is 209 g/mol.